The van der Waals surface area contributed by atoms with Crippen LogP contribution in [0.2, 0.25) is 0 Å². The average molecular weight is 471 g/mol. The van der Waals surface area contributed by atoms with Crippen molar-refractivity contribution in [2.24, 2.45) is 0 Å². The van der Waals surface area contributed by atoms with E-state index < -0.39 is 0 Å². The zero-order valence-electron chi connectivity index (χ0n) is 19.9. The van der Waals surface area contributed by atoms with Crippen LogP contribution < -0.4 is 11.2 Å². The van der Waals surface area contributed by atoms with E-state index in [0.29, 0.717) is 48.9 Å². The van der Waals surface area contributed by atoms with Gasteiger partial charge < -0.3 is 4.57 Å². The predicted molar refractivity (Wildman–Crippen MR) is 133 cm³/mol. The minimum Gasteiger partial charge on any atom is -0.318 e. The van der Waals surface area contributed by atoms with E-state index in [4.69, 9.17) is 0 Å². The molecule has 0 saturated carbocycles. The van der Waals surface area contributed by atoms with Crippen molar-refractivity contribution in [2.75, 3.05) is 0 Å². The number of rotatable bonds is 7. The molecule has 10 heteroatoms. The van der Waals surface area contributed by atoms with Crippen LogP contribution in [0.4, 0.5) is 0 Å². The van der Waals surface area contributed by atoms with Crippen molar-refractivity contribution < 1.29 is 0 Å². The zero-order chi connectivity index (χ0) is 24.5. The van der Waals surface area contributed by atoms with Crippen molar-refractivity contribution in [2.45, 2.75) is 46.8 Å². The van der Waals surface area contributed by atoms with Crippen LogP contribution in [0.3, 0.4) is 0 Å². The number of fused-ring (bicyclic) bond motifs is 1. The first kappa shape index (κ1) is 22.5. The summed E-state index contributed by atoms with van der Waals surface area (Å²) < 4.78 is 4.80. The van der Waals surface area contributed by atoms with E-state index in [2.05, 4.69) is 25.6 Å². The molecule has 1 N–H and O–H groups in total. The Balaban J connectivity index is 1.55. The van der Waals surface area contributed by atoms with Crippen LogP contribution in [0, 0.1) is 6.92 Å². The van der Waals surface area contributed by atoms with Crippen LogP contribution in [0.1, 0.15) is 31.7 Å². The van der Waals surface area contributed by atoms with Gasteiger partial charge in [0.15, 0.2) is 11.2 Å². The summed E-state index contributed by atoms with van der Waals surface area (Å²) in [5.41, 5.74) is 4.24. The molecule has 10 nitrogen and oxygen atoms in total. The van der Waals surface area contributed by atoms with E-state index in [-0.39, 0.29) is 11.2 Å². The molecule has 5 rings (SSSR count). The van der Waals surface area contributed by atoms with Gasteiger partial charge in [-0.05, 0) is 42.2 Å². The van der Waals surface area contributed by atoms with E-state index in [1.165, 1.54) is 4.57 Å². The Hall–Kier alpha value is -4.34. The number of aryl methyl sites for hydroxylation is 2. The van der Waals surface area contributed by atoms with Crippen molar-refractivity contribution in [1.82, 2.24) is 39.3 Å². The first-order valence-electron chi connectivity index (χ1n) is 11.7. The molecule has 0 aliphatic carbocycles. The number of hydrogen-bond acceptors (Lipinski definition) is 6. The van der Waals surface area contributed by atoms with Gasteiger partial charge in [-0.25, -0.2) is 9.78 Å². The van der Waals surface area contributed by atoms with Gasteiger partial charge in [0, 0.05) is 25.2 Å². The van der Waals surface area contributed by atoms with Crippen LogP contribution in [0.5, 0.6) is 0 Å². The fourth-order valence-corrected chi connectivity index (χ4v) is 4.48. The standard InChI is InChI=1S/C25H26N8O2/c1-4-14-32-24(34)21-23(31(5-2)25(32)35)26-16(3)33(21)15-17-10-12-18(13-11-17)19-8-6-7-9-20(19)22-27-29-30-28-22/h6-13H,4-5,14-15H2,1-3H3,(H,27,28,29,30). The van der Waals surface area contributed by atoms with E-state index in [9.17, 15) is 9.59 Å². The first-order chi connectivity index (χ1) is 17.0. The Morgan fingerprint density at radius 1 is 0.914 bits per heavy atom. The molecule has 0 aliphatic rings. The number of nitrogens with one attached hydrogen (secondary N) is 1. The SMILES string of the molecule is CCCn1c(=O)c2c(nc(C)n2Cc2ccc(-c3ccccc3-c3nn[nH]n3)cc2)n(CC)c1=O. The molecule has 0 fully saturated rings. The van der Waals surface area contributed by atoms with Gasteiger partial charge in [-0.3, -0.25) is 13.9 Å². The molecular formula is C25H26N8O2. The highest BCUT2D eigenvalue weighted by Gasteiger charge is 2.19. The number of hydrogen-bond donors (Lipinski definition) is 1. The summed E-state index contributed by atoms with van der Waals surface area (Å²) in [5, 5.41) is 14.4. The van der Waals surface area contributed by atoms with Crippen LogP contribution in [-0.4, -0.2) is 39.3 Å². The Morgan fingerprint density at radius 3 is 2.31 bits per heavy atom. The summed E-state index contributed by atoms with van der Waals surface area (Å²) in [5.74, 6) is 1.23. The summed E-state index contributed by atoms with van der Waals surface area (Å²) in [6.07, 6.45) is 0.699. The van der Waals surface area contributed by atoms with Crippen LogP contribution in [0.25, 0.3) is 33.7 Å². The van der Waals surface area contributed by atoms with Gasteiger partial charge in [0.05, 0.1) is 0 Å². The molecule has 0 aliphatic heterocycles. The molecule has 0 amide bonds. The van der Waals surface area contributed by atoms with Gasteiger partial charge in [-0.1, -0.05) is 55.5 Å². The number of aromatic amines is 1. The zero-order valence-corrected chi connectivity index (χ0v) is 19.9. The Labute approximate surface area is 200 Å². The minimum absolute atomic E-state index is 0.289. The smallest absolute Gasteiger partial charge is 0.318 e. The first-order valence-corrected chi connectivity index (χ1v) is 11.7. The molecule has 0 bridgehead atoms. The summed E-state index contributed by atoms with van der Waals surface area (Å²) in [6, 6.07) is 16.1. The van der Waals surface area contributed by atoms with Crippen LogP contribution in [0.15, 0.2) is 58.1 Å². The monoisotopic (exact) mass is 470 g/mol. The molecule has 3 aromatic heterocycles. The maximum absolute atomic E-state index is 13.3. The Bertz CT molecular complexity index is 1610. The quantitative estimate of drug-likeness (QED) is 0.391. The second kappa shape index (κ2) is 9.13. The number of benzene rings is 2. The fourth-order valence-electron chi connectivity index (χ4n) is 4.48. The molecule has 0 unspecified atom stereocenters. The van der Waals surface area contributed by atoms with Gasteiger partial charge >= 0.3 is 5.69 Å². The second-order valence-corrected chi connectivity index (χ2v) is 8.38. The van der Waals surface area contributed by atoms with Gasteiger partial charge in [0.1, 0.15) is 5.82 Å². The van der Waals surface area contributed by atoms with Crippen molar-refractivity contribution in [3.8, 4) is 22.5 Å². The Kier molecular flexibility index (Phi) is 5.86. The van der Waals surface area contributed by atoms with Crippen molar-refractivity contribution in [3.63, 3.8) is 0 Å². The molecular weight excluding hydrogens is 444 g/mol. The lowest BCUT2D eigenvalue weighted by atomic mass is 9.98. The van der Waals surface area contributed by atoms with Crippen LogP contribution >= 0.6 is 0 Å². The third-order valence-corrected chi connectivity index (χ3v) is 6.19. The van der Waals surface area contributed by atoms with E-state index in [1.54, 1.807) is 4.57 Å². The fraction of sp³-hybridized carbons (Fsp3) is 0.280. The number of tetrazole rings is 1. The number of aromatic nitrogens is 8. The normalized spacial score (nSPS) is 11.4. The van der Waals surface area contributed by atoms with Crippen molar-refractivity contribution in [3.05, 3.63) is 80.8 Å². The topological polar surface area (TPSA) is 116 Å². The number of nitrogens with zero attached hydrogens (tertiary/aromatic N) is 7. The number of H-pyrrole nitrogens is 1. The molecule has 0 atom stereocenters. The lowest BCUT2D eigenvalue weighted by Crippen LogP contribution is -2.40. The largest absolute Gasteiger partial charge is 0.332 e. The maximum Gasteiger partial charge on any atom is 0.332 e. The van der Waals surface area contributed by atoms with E-state index in [0.717, 1.165) is 22.3 Å². The summed E-state index contributed by atoms with van der Waals surface area (Å²) >= 11 is 0. The predicted octanol–water partition coefficient (Wildman–Crippen LogP) is 2.99. The molecule has 178 valence electrons. The van der Waals surface area contributed by atoms with Crippen molar-refractivity contribution >= 4 is 11.2 Å². The maximum atomic E-state index is 13.3. The second-order valence-electron chi connectivity index (χ2n) is 8.38. The van der Waals surface area contributed by atoms with Gasteiger partial charge in [-0.2, -0.15) is 5.21 Å². The third-order valence-electron chi connectivity index (χ3n) is 6.19. The molecule has 2 aromatic carbocycles. The van der Waals surface area contributed by atoms with Gasteiger partial charge in [0.2, 0.25) is 5.82 Å². The molecule has 35 heavy (non-hydrogen) atoms. The molecule has 3 heterocycles. The lowest BCUT2D eigenvalue weighted by molar-refractivity contribution is 0.570. The Morgan fingerprint density at radius 2 is 1.66 bits per heavy atom. The number of imidazole rings is 1. The van der Waals surface area contributed by atoms with Gasteiger partial charge in [0.25, 0.3) is 5.56 Å². The molecule has 5 aromatic rings. The van der Waals surface area contributed by atoms with E-state index >= 15 is 0 Å². The highest BCUT2D eigenvalue weighted by atomic mass is 16.2. The van der Waals surface area contributed by atoms with E-state index in [1.807, 2.05) is 73.9 Å². The van der Waals surface area contributed by atoms with Crippen LogP contribution in [-0.2, 0) is 19.6 Å². The molecule has 0 saturated heterocycles. The summed E-state index contributed by atoms with van der Waals surface area (Å²) in [6.45, 7) is 7.01. The average Bonchev–Trinajstić information content (AvgIpc) is 3.51. The highest BCUT2D eigenvalue weighted by Crippen LogP contribution is 2.30. The third kappa shape index (κ3) is 3.86. The summed E-state index contributed by atoms with van der Waals surface area (Å²) in [7, 11) is 0. The molecule has 0 radical (unpaired) electrons. The van der Waals surface area contributed by atoms with Crippen molar-refractivity contribution in [1.29, 1.82) is 0 Å². The summed E-state index contributed by atoms with van der Waals surface area (Å²) in [4.78, 5) is 30.7. The highest BCUT2D eigenvalue weighted by molar-refractivity contribution is 5.80. The minimum atomic E-state index is -0.305. The lowest BCUT2D eigenvalue weighted by Gasteiger charge is -2.12. The van der Waals surface area contributed by atoms with Gasteiger partial charge in [-0.15, -0.1) is 10.2 Å². The molecule has 0 spiro atoms.